The molecule has 0 radical (unpaired) electrons. The maximum absolute atomic E-state index is 13.3. The molecule has 4 rings (SSSR count). The fourth-order valence-corrected chi connectivity index (χ4v) is 4.47. The Bertz CT molecular complexity index is 1120. The van der Waals surface area contributed by atoms with Crippen molar-refractivity contribution >= 4 is 23.2 Å². The molecular weight excluding hydrogens is 480 g/mol. The molecule has 12 heteroatoms. The minimum atomic E-state index is -4.69. The first-order valence-electron chi connectivity index (χ1n) is 10.9. The van der Waals surface area contributed by atoms with E-state index in [9.17, 15) is 27.2 Å². The van der Waals surface area contributed by atoms with Crippen LogP contribution in [0.25, 0.3) is 0 Å². The van der Waals surface area contributed by atoms with E-state index in [1.807, 2.05) is 0 Å². The van der Waals surface area contributed by atoms with Crippen LogP contribution in [0.5, 0.6) is 0 Å². The zero-order valence-electron chi connectivity index (χ0n) is 18.2. The van der Waals surface area contributed by atoms with Gasteiger partial charge in [0.15, 0.2) is 6.23 Å². The lowest BCUT2D eigenvalue weighted by Crippen LogP contribution is -2.51. The van der Waals surface area contributed by atoms with Crippen LogP contribution < -0.4 is 10.5 Å². The summed E-state index contributed by atoms with van der Waals surface area (Å²) in [4.78, 5) is 28.5. The van der Waals surface area contributed by atoms with E-state index in [1.165, 1.54) is 15.8 Å². The fraction of sp³-hybridized carbons (Fsp3) is 0.500. The molecule has 2 fully saturated rings. The van der Waals surface area contributed by atoms with Crippen LogP contribution in [0.2, 0.25) is 5.02 Å². The van der Waals surface area contributed by atoms with Crippen LogP contribution in [0, 0.1) is 5.82 Å². The van der Waals surface area contributed by atoms with E-state index in [1.54, 1.807) is 4.90 Å². The van der Waals surface area contributed by atoms with Gasteiger partial charge in [0.05, 0.1) is 24.0 Å². The minimum Gasteiger partial charge on any atom is -0.358 e. The van der Waals surface area contributed by atoms with Crippen LogP contribution in [0.3, 0.4) is 0 Å². The maximum atomic E-state index is 13.3. The molecule has 3 heterocycles. The molecule has 2 saturated heterocycles. The summed E-state index contributed by atoms with van der Waals surface area (Å²) in [7, 11) is 0. The highest BCUT2D eigenvalue weighted by atomic mass is 35.5. The normalized spacial score (nSPS) is 19.6. The molecule has 0 saturated carbocycles. The summed E-state index contributed by atoms with van der Waals surface area (Å²) in [6, 6.07) is 2.53. The number of benzene rings is 1. The summed E-state index contributed by atoms with van der Waals surface area (Å²) < 4.78 is 59.8. The molecule has 0 aliphatic carbocycles. The van der Waals surface area contributed by atoms with Gasteiger partial charge in [-0.1, -0.05) is 17.7 Å². The highest BCUT2D eigenvalue weighted by molar-refractivity contribution is 6.33. The van der Waals surface area contributed by atoms with Gasteiger partial charge in [-0.2, -0.15) is 23.0 Å². The van der Waals surface area contributed by atoms with Gasteiger partial charge in [-0.3, -0.25) is 9.59 Å². The summed E-state index contributed by atoms with van der Waals surface area (Å²) in [5, 5.41) is 4.13. The molecule has 0 N–H and O–H groups in total. The third kappa shape index (κ3) is 5.20. The first kappa shape index (κ1) is 24.5. The van der Waals surface area contributed by atoms with Gasteiger partial charge in [0.1, 0.15) is 10.8 Å². The predicted molar refractivity (Wildman–Crippen MR) is 116 cm³/mol. The molecular formula is C22H23ClF4N4O3. The number of anilines is 1. The van der Waals surface area contributed by atoms with E-state index in [2.05, 4.69) is 5.10 Å². The second kappa shape index (κ2) is 9.91. The van der Waals surface area contributed by atoms with Crippen molar-refractivity contribution < 1.29 is 27.1 Å². The van der Waals surface area contributed by atoms with Crippen LogP contribution >= 0.6 is 11.6 Å². The molecule has 7 nitrogen and oxygen atoms in total. The Morgan fingerprint density at radius 3 is 2.65 bits per heavy atom. The lowest BCUT2D eigenvalue weighted by atomic mass is 10.0. The third-order valence-electron chi connectivity index (χ3n) is 6.04. The lowest BCUT2D eigenvalue weighted by Gasteiger charge is -2.36. The number of alkyl halides is 3. The molecule has 2 aliphatic rings. The van der Waals surface area contributed by atoms with Crippen molar-refractivity contribution in [1.29, 1.82) is 0 Å². The second-order valence-electron chi connectivity index (χ2n) is 8.27. The van der Waals surface area contributed by atoms with Crippen molar-refractivity contribution in [2.45, 2.75) is 38.1 Å². The zero-order chi connectivity index (χ0) is 24.5. The monoisotopic (exact) mass is 502 g/mol. The van der Waals surface area contributed by atoms with Gasteiger partial charge >= 0.3 is 6.18 Å². The Morgan fingerprint density at radius 2 is 1.97 bits per heavy atom. The number of nitrogens with zero attached hydrogens (tertiary/aromatic N) is 4. The highest BCUT2D eigenvalue weighted by Gasteiger charge is 2.34. The molecule has 2 aromatic rings. The number of halogens is 5. The molecule has 184 valence electrons. The molecule has 0 bridgehead atoms. The van der Waals surface area contributed by atoms with Gasteiger partial charge in [-0.25, -0.2) is 4.39 Å². The molecule has 1 aromatic heterocycles. The second-order valence-corrected chi connectivity index (χ2v) is 8.64. The molecule has 0 spiro atoms. The molecule has 1 unspecified atom stereocenters. The Labute approximate surface area is 197 Å². The first-order valence-corrected chi connectivity index (χ1v) is 11.3. The van der Waals surface area contributed by atoms with Gasteiger partial charge < -0.3 is 14.5 Å². The van der Waals surface area contributed by atoms with Crippen molar-refractivity contribution in [1.82, 2.24) is 14.7 Å². The van der Waals surface area contributed by atoms with Crippen molar-refractivity contribution in [3.8, 4) is 0 Å². The summed E-state index contributed by atoms with van der Waals surface area (Å²) in [6.07, 6.45) is -1.31. The quantitative estimate of drug-likeness (QED) is 0.584. The highest BCUT2D eigenvalue weighted by Crippen LogP contribution is 2.33. The Hall–Kier alpha value is -2.66. The van der Waals surface area contributed by atoms with E-state index in [0.29, 0.717) is 31.3 Å². The number of hydrogen-bond donors (Lipinski definition) is 0. The smallest absolute Gasteiger partial charge is 0.358 e. The Balaban J connectivity index is 1.42. The number of aromatic nitrogens is 2. The molecule has 1 amide bonds. The van der Waals surface area contributed by atoms with Crippen molar-refractivity contribution in [2.24, 2.45) is 0 Å². The van der Waals surface area contributed by atoms with E-state index in [0.717, 1.165) is 25.0 Å². The van der Waals surface area contributed by atoms with Gasteiger partial charge in [0.2, 0.25) is 5.91 Å². The SMILES string of the molecule is O=C1CN(c2cnn(C3CCCCO3)c(=O)c2Cl)CCN1CCc1ccc(F)cc1C(F)(F)F. The number of carbonyl (C=O) groups excluding carboxylic acids is 1. The van der Waals surface area contributed by atoms with Crippen molar-refractivity contribution in [3.63, 3.8) is 0 Å². The van der Waals surface area contributed by atoms with E-state index in [-0.39, 0.29) is 42.5 Å². The number of amides is 1. The van der Waals surface area contributed by atoms with Crippen LogP contribution in [-0.2, 0) is 22.1 Å². The van der Waals surface area contributed by atoms with Gasteiger partial charge in [-0.05, 0) is 43.4 Å². The molecule has 34 heavy (non-hydrogen) atoms. The minimum absolute atomic E-state index is 0.0496. The fourth-order valence-electron chi connectivity index (χ4n) is 4.21. The molecule has 2 aliphatic heterocycles. The van der Waals surface area contributed by atoms with Gasteiger partial charge in [0.25, 0.3) is 5.56 Å². The number of ether oxygens (including phenoxy) is 1. The van der Waals surface area contributed by atoms with Crippen LogP contribution in [-0.4, -0.2) is 53.4 Å². The number of rotatable bonds is 5. The summed E-state index contributed by atoms with van der Waals surface area (Å²) in [6.45, 7) is 1.05. The summed E-state index contributed by atoms with van der Waals surface area (Å²) >= 11 is 6.32. The maximum Gasteiger partial charge on any atom is 0.416 e. The largest absolute Gasteiger partial charge is 0.416 e. The van der Waals surface area contributed by atoms with E-state index in [4.69, 9.17) is 16.3 Å². The van der Waals surface area contributed by atoms with E-state index < -0.39 is 29.3 Å². The average Bonchev–Trinajstić information content (AvgIpc) is 2.80. The van der Waals surface area contributed by atoms with Crippen molar-refractivity contribution in [2.75, 3.05) is 37.7 Å². The standard InChI is InChI=1S/C22H23ClF4N4O3/c23-20-17(12-28-31(21(20)33)19-3-1-2-10-34-19)30-9-8-29(18(32)13-30)7-6-14-4-5-15(24)11-16(14)22(25,26)27/h4-5,11-12,19H,1-3,6-10,13H2. The number of carbonyl (C=O) groups is 1. The number of hydrogen-bond acceptors (Lipinski definition) is 5. The number of piperazine rings is 1. The van der Waals surface area contributed by atoms with Crippen LogP contribution in [0.4, 0.5) is 23.2 Å². The van der Waals surface area contributed by atoms with Crippen molar-refractivity contribution in [3.05, 3.63) is 56.7 Å². The first-order chi connectivity index (χ1) is 16.1. The lowest BCUT2D eigenvalue weighted by molar-refractivity contribution is -0.138. The third-order valence-corrected chi connectivity index (χ3v) is 6.40. The predicted octanol–water partition coefficient (Wildman–Crippen LogP) is 3.65. The van der Waals surface area contributed by atoms with Gasteiger partial charge in [-0.15, -0.1) is 0 Å². The Morgan fingerprint density at radius 1 is 1.18 bits per heavy atom. The summed E-state index contributed by atoms with van der Waals surface area (Å²) in [5.41, 5.74) is -1.30. The van der Waals surface area contributed by atoms with Crippen LogP contribution in [0.15, 0.2) is 29.2 Å². The molecule has 1 atom stereocenters. The van der Waals surface area contributed by atoms with E-state index >= 15 is 0 Å². The average molecular weight is 503 g/mol. The van der Waals surface area contributed by atoms with Gasteiger partial charge in [0, 0.05) is 26.2 Å². The topological polar surface area (TPSA) is 67.7 Å². The van der Waals surface area contributed by atoms with Crippen LogP contribution in [0.1, 0.15) is 36.6 Å². The summed E-state index contributed by atoms with van der Waals surface area (Å²) in [5.74, 6) is -1.29. The zero-order valence-corrected chi connectivity index (χ0v) is 18.9. The Kier molecular flexibility index (Phi) is 7.13. The molecule has 1 aromatic carbocycles.